The second kappa shape index (κ2) is 11.9. The molecule has 0 aliphatic rings. The minimum absolute atomic E-state index is 0.615. The van der Waals surface area contributed by atoms with Crippen molar-refractivity contribution >= 4 is 43.6 Å². The highest BCUT2D eigenvalue weighted by molar-refractivity contribution is 6.12. The molecule has 0 amide bonds. The lowest BCUT2D eigenvalue weighted by atomic mass is 9.98. The van der Waals surface area contributed by atoms with Crippen molar-refractivity contribution in [2.75, 3.05) is 0 Å². The predicted octanol–water partition coefficient (Wildman–Crippen LogP) is 11.9. The Kier molecular flexibility index (Phi) is 6.86. The van der Waals surface area contributed by atoms with E-state index in [-0.39, 0.29) is 0 Å². The third-order valence-corrected chi connectivity index (χ3v) is 10.1. The largest absolute Gasteiger partial charge is 0.354 e. The number of aromatic nitrogens is 5. The molecule has 1 N–H and O–H groups in total. The van der Waals surface area contributed by atoms with Crippen LogP contribution in [0, 0.1) is 13.8 Å². The second-order valence-electron chi connectivity index (χ2n) is 13.5. The fraction of sp³-hybridized carbons (Fsp3) is 0.0426. The monoisotopic (exact) mass is 667 g/mol. The molecule has 3 aromatic heterocycles. The average molecular weight is 668 g/mol. The number of benzene rings is 7. The number of hydrogen-bond acceptors (Lipinski definition) is 3. The Balaban J connectivity index is 1.31. The maximum Gasteiger partial charge on any atom is 0.166 e. The van der Waals surface area contributed by atoms with Gasteiger partial charge in [0.1, 0.15) is 0 Å². The van der Waals surface area contributed by atoms with E-state index in [0.717, 1.165) is 55.6 Å². The highest BCUT2D eigenvalue weighted by Gasteiger charge is 2.21. The summed E-state index contributed by atoms with van der Waals surface area (Å²) < 4.78 is 2.39. The summed E-state index contributed by atoms with van der Waals surface area (Å²) >= 11 is 0. The Morgan fingerprint density at radius 3 is 1.65 bits per heavy atom. The SMILES string of the molecule is Cc1ccc2c3ccc(C)cc3n(-c3ccc(-c4cccc5c4[nH]c4ccccc45)cc3-c3nc(-c4ccccc4)nc(-c4ccccc4)n3)c2c1. The Hall–Kier alpha value is -6.85. The molecule has 0 saturated carbocycles. The van der Waals surface area contributed by atoms with Crippen LogP contribution in [-0.2, 0) is 0 Å². The number of para-hydroxylation sites is 2. The molecule has 52 heavy (non-hydrogen) atoms. The number of rotatable bonds is 5. The Morgan fingerprint density at radius 2 is 1.00 bits per heavy atom. The molecule has 10 aromatic rings. The van der Waals surface area contributed by atoms with Crippen LogP contribution >= 0.6 is 0 Å². The third-order valence-electron chi connectivity index (χ3n) is 10.1. The van der Waals surface area contributed by atoms with E-state index in [2.05, 4.69) is 145 Å². The van der Waals surface area contributed by atoms with E-state index in [0.29, 0.717) is 17.5 Å². The highest BCUT2D eigenvalue weighted by Crippen LogP contribution is 2.40. The molecule has 0 saturated heterocycles. The van der Waals surface area contributed by atoms with Gasteiger partial charge in [-0.15, -0.1) is 0 Å². The van der Waals surface area contributed by atoms with Gasteiger partial charge in [-0.3, -0.25) is 0 Å². The van der Waals surface area contributed by atoms with Crippen LogP contribution in [0.2, 0.25) is 0 Å². The zero-order chi connectivity index (χ0) is 34.8. The molecule has 5 nitrogen and oxygen atoms in total. The quantitative estimate of drug-likeness (QED) is 0.199. The van der Waals surface area contributed by atoms with Gasteiger partial charge < -0.3 is 9.55 Å². The number of aromatic amines is 1. The van der Waals surface area contributed by atoms with Crippen LogP contribution in [0.1, 0.15) is 11.1 Å². The normalized spacial score (nSPS) is 11.7. The predicted molar refractivity (Wildman–Crippen MR) is 215 cm³/mol. The molecule has 10 rings (SSSR count). The zero-order valence-electron chi connectivity index (χ0n) is 28.8. The van der Waals surface area contributed by atoms with Gasteiger partial charge in [-0.25, -0.2) is 15.0 Å². The van der Waals surface area contributed by atoms with Crippen molar-refractivity contribution in [2.24, 2.45) is 0 Å². The third kappa shape index (κ3) is 4.89. The summed E-state index contributed by atoms with van der Waals surface area (Å²) in [5.41, 5.74) is 12.9. The lowest BCUT2D eigenvalue weighted by Gasteiger charge is -2.17. The summed E-state index contributed by atoms with van der Waals surface area (Å²) in [6.45, 7) is 4.31. The maximum absolute atomic E-state index is 5.25. The van der Waals surface area contributed by atoms with Gasteiger partial charge in [0, 0.05) is 49.3 Å². The summed E-state index contributed by atoms with van der Waals surface area (Å²) in [7, 11) is 0. The lowest BCUT2D eigenvalue weighted by molar-refractivity contribution is 1.06. The summed E-state index contributed by atoms with van der Waals surface area (Å²) in [6.07, 6.45) is 0. The Bertz CT molecular complexity index is 2860. The fourth-order valence-electron chi connectivity index (χ4n) is 7.62. The summed E-state index contributed by atoms with van der Waals surface area (Å²) in [4.78, 5) is 19.3. The van der Waals surface area contributed by atoms with E-state index < -0.39 is 0 Å². The van der Waals surface area contributed by atoms with E-state index in [4.69, 9.17) is 15.0 Å². The van der Waals surface area contributed by atoms with E-state index in [9.17, 15) is 0 Å². The molecule has 0 spiro atoms. The molecule has 0 atom stereocenters. The second-order valence-corrected chi connectivity index (χ2v) is 13.5. The maximum atomic E-state index is 5.25. The smallest absolute Gasteiger partial charge is 0.166 e. The van der Waals surface area contributed by atoms with Crippen LogP contribution in [0.3, 0.4) is 0 Å². The van der Waals surface area contributed by atoms with Crippen molar-refractivity contribution in [2.45, 2.75) is 13.8 Å². The van der Waals surface area contributed by atoms with Gasteiger partial charge in [0.15, 0.2) is 17.5 Å². The van der Waals surface area contributed by atoms with Crippen LogP contribution in [-0.4, -0.2) is 24.5 Å². The molecular weight excluding hydrogens is 635 g/mol. The number of aryl methyl sites for hydroxylation is 2. The zero-order valence-corrected chi connectivity index (χ0v) is 28.8. The Morgan fingerprint density at radius 1 is 0.423 bits per heavy atom. The Labute approximate surface area is 300 Å². The molecule has 0 bridgehead atoms. The average Bonchev–Trinajstić information content (AvgIpc) is 3.73. The summed E-state index contributed by atoms with van der Waals surface area (Å²) in [6, 6.07) is 55.6. The molecule has 3 heterocycles. The van der Waals surface area contributed by atoms with Crippen LogP contribution < -0.4 is 0 Å². The fourth-order valence-corrected chi connectivity index (χ4v) is 7.62. The summed E-state index contributed by atoms with van der Waals surface area (Å²) in [5, 5.41) is 4.84. The first-order valence-corrected chi connectivity index (χ1v) is 17.6. The first kappa shape index (κ1) is 30.0. The molecule has 0 fully saturated rings. The highest BCUT2D eigenvalue weighted by atomic mass is 15.1. The molecule has 0 radical (unpaired) electrons. The van der Waals surface area contributed by atoms with Gasteiger partial charge in [-0.1, -0.05) is 127 Å². The minimum atomic E-state index is 0.615. The number of nitrogens with zero attached hydrogens (tertiary/aromatic N) is 4. The van der Waals surface area contributed by atoms with Crippen molar-refractivity contribution in [1.29, 1.82) is 0 Å². The van der Waals surface area contributed by atoms with Gasteiger partial charge in [0.2, 0.25) is 0 Å². The number of hydrogen-bond donors (Lipinski definition) is 1. The first-order valence-electron chi connectivity index (χ1n) is 17.6. The van der Waals surface area contributed by atoms with E-state index >= 15 is 0 Å². The first-order chi connectivity index (χ1) is 25.6. The standard InChI is InChI=1S/C47H33N5/c1-29-20-23-36-37-24-21-30(2)27-43(37)52(42(36)26-29)41-25-22-33(34-17-11-18-38-35-16-9-10-19-40(35)48-44(34)38)28-39(41)47-50-45(31-12-5-3-6-13-31)49-46(51-47)32-14-7-4-8-15-32/h3-28,48H,1-2H3. The lowest BCUT2D eigenvalue weighted by Crippen LogP contribution is -2.04. The van der Waals surface area contributed by atoms with Gasteiger partial charge >= 0.3 is 0 Å². The van der Waals surface area contributed by atoms with Crippen molar-refractivity contribution in [3.8, 4) is 51.0 Å². The number of H-pyrrole nitrogens is 1. The van der Waals surface area contributed by atoms with Gasteiger partial charge in [-0.05, 0) is 60.9 Å². The van der Waals surface area contributed by atoms with Gasteiger partial charge in [0.25, 0.3) is 0 Å². The minimum Gasteiger partial charge on any atom is -0.354 e. The molecule has 0 unspecified atom stereocenters. The van der Waals surface area contributed by atoms with E-state index in [1.807, 2.05) is 36.4 Å². The van der Waals surface area contributed by atoms with Crippen LogP contribution in [0.25, 0.3) is 94.6 Å². The molecule has 5 heteroatoms. The van der Waals surface area contributed by atoms with Crippen molar-refractivity contribution < 1.29 is 0 Å². The van der Waals surface area contributed by atoms with Gasteiger partial charge in [0.05, 0.1) is 22.2 Å². The van der Waals surface area contributed by atoms with Crippen molar-refractivity contribution in [3.63, 3.8) is 0 Å². The topological polar surface area (TPSA) is 59.4 Å². The van der Waals surface area contributed by atoms with Crippen molar-refractivity contribution in [3.05, 3.63) is 169 Å². The summed E-state index contributed by atoms with van der Waals surface area (Å²) in [5.74, 6) is 1.88. The van der Waals surface area contributed by atoms with Crippen LogP contribution in [0.15, 0.2) is 158 Å². The van der Waals surface area contributed by atoms with E-state index in [1.54, 1.807) is 0 Å². The van der Waals surface area contributed by atoms with Crippen molar-refractivity contribution in [1.82, 2.24) is 24.5 Å². The molecule has 7 aromatic carbocycles. The van der Waals surface area contributed by atoms with Crippen LogP contribution in [0.5, 0.6) is 0 Å². The molecule has 0 aliphatic carbocycles. The molecule has 246 valence electrons. The van der Waals surface area contributed by atoms with E-state index in [1.165, 1.54) is 32.7 Å². The molecular formula is C47H33N5. The number of nitrogens with one attached hydrogen (secondary N) is 1. The number of fused-ring (bicyclic) bond motifs is 6. The van der Waals surface area contributed by atoms with Crippen LogP contribution in [0.4, 0.5) is 0 Å². The van der Waals surface area contributed by atoms with Gasteiger partial charge in [-0.2, -0.15) is 0 Å². The molecule has 0 aliphatic heterocycles.